The van der Waals surface area contributed by atoms with E-state index < -0.39 is 17.7 Å². The Kier molecular flexibility index (Phi) is 10.3. The number of ether oxygens (including phenoxy) is 3. The minimum Gasteiger partial charge on any atom is -0.507 e. The molecule has 2 aromatic rings. The Morgan fingerprint density at radius 3 is 2.46 bits per heavy atom. The van der Waals surface area contributed by atoms with E-state index in [1.54, 1.807) is 31.4 Å². The number of Topliss-reactive ketones (excluding diaryl/α,β-unsaturated/α-hetero) is 1. The minimum atomic E-state index is -0.719. The fraction of sp³-hybridized carbons (Fsp3) is 0.400. The van der Waals surface area contributed by atoms with E-state index in [1.165, 1.54) is 4.90 Å². The topological polar surface area (TPSA) is 85.3 Å². The third-order valence-electron chi connectivity index (χ3n) is 6.30. The number of hydrogen-bond donors (Lipinski definition) is 1. The van der Waals surface area contributed by atoms with E-state index in [0.717, 1.165) is 36.1 Å². The van der Waals surface area contributed by atoms with Crippen molar-refractivity contribution in [3.05, 3.63) is 77.4 Å². The summed E-state index contributed by atoms with van der Waals surface area (Å²) < 4.78 is 16.6. The van der Waals surface area contributed by atoms with Crippen molar-refractivity contribution in [3.8, 4) is 11.5 Å². The van der Waals surface area contributed by atoms with Crippen LogP contribution in [0.4, 0.5) is 0 Å². The Morgan fingerprint density at radius 1 is 1.05 bits per heavy atom. The van der Waals surface area contributed by atoms with E-state index in [2.05, 4.69) is 13.5 Å². The summed E-state index contributed by atoms with van der Waals surface area (Å²) in [4.78, 5) is 27.8. The van der Waals surface area contributed by atoms with Crippen LogP contribution >= 0.6 is 0 Å². The van der Waals surface area contributed by atoms with E-state index in [9.17, 15) is 14.7 Å². The third kappa shape index (κ3) is 6.80. The van der Waals surface area contributed by atoms with Crippen LogP contribution in [0.5, 0.6) is 11.5 Å². The van der Waals surface area contributed by atoms with Crippen molar-refractivity contribution < 1.29 is 28.9 Å². The Bertz CT molecular complexity index is 1120. The van der Waals surface area contributed by atoms with Crippen molar-refractivity contribution in [2.75, 3.05) is 33.5 Å². The molecule has 1 heterocycles. The second kappa shape index (κ2) is 13.7. The van der Waals surface area contributed by atoms with Gasteiger partial charge in [0.2, 0.25) is 0 Å². The maximum Gasteiger partial charge on any atom is 0.295 e. The largest absolute Gasteiger partial charge is 0.507 e. The molecule has 7 nitrogen and oxygen atoms in total. The van der Waals surface area contributed by atoms with Gasteiger partial charge in [-0.15, -0.1) is 0 Å². The highest BCUT2D eigenvalue weighted by Gasteiger charge is 2.45. The summed E-state index contributed by atoms with van der Waals surface area (Å²) in [5.41, 5.74) is 2.03. The van der Waals surface area contributed by atoms with Crippen LogP contribution < -0.4 is 9.47 Å². The van der Waals surface area contributed by atoms with Crippen LogP contribution in [-0.4, -0.2) is 55.2 Å². The lowest BCUT2D eigenvalue weighted by molar-refractivity contribution is -0.140. The molecule has 0 aromatic heterocycles. The number of carbonyl (C=O) groups is 2. The predicted octanol–water partition coefficient (Wildman–Crippen LogP) is 5.59. The van der Waals surface area contributed by atoms with E-state index in [0.29, 0.717) is 44.1 Å². The molecule has 1 aliphatic heterocycles. The number of nitrogens with zero attached hydrogens (tertiary/aromatic N) is 1. The maximum absolute atomic E-state index is 13.2. The molecule has 1 N–H and O–H groups in total. The minimum absolute atomic E-state index is 0.0678. The first-order valence-corrected chi connectivity index (χ1v) is 12.8. The normalized spacial score (nSPS) is 16.7. The van der Waals surface area contributed by atoms with Crippen molar-refractivity contribution in [1.82, 2.24) is 4.90 Å². The van der Waals surface area contributed by atoms with Crippen molar-refractivity contribution in [3.63, 3.8) is 0 Å². The second-order valence-corrected chi connectivity index (χ2v) is 9.04. The fourth-order valence-corrected chi connectivity index (χ4v) is 4.39. The van der Waals surface area contributed by atoms with Crippen LogP contribution in [-0.2, 0) is 14.3 Å². The second-order valence-electron chi connectivity index (χ2n) is 9.04. The third-order valence-corrected chi connectivity index (χ3v) is 6.30. The van der Waals surface area contributed by atoms with Gasteiger partial charge in [-0.3, -0.25) is 9.59 Å². The molecule has 1 amide bonds. The molecule has 0 aliphatic carbocycles. The van der Waals surface area contributed by atoms with E-state index in [1.807, 2.05) is 31.2 Å². The zero-order valence-corrected chi connectivity index (χ0v) is 22.0. The van der Waals surface area contributed by atoms with Gasteiger partial charge in [-0.1, -0.05) is 44.6 Å². The monoisotopic (exact) mass is 507 g/mol. The van der Waals surface area contributed by atoms with E-state index >= 15 is 0 Å². The van der Waals surface area contributed by atoms with Gasteiger partial charge in [0.15, 0.2) is 0 Å². The van der Waals surface area contributed by atoms with Gasteiger partial charge in [-0.2, -0.15) is 0 Å². The number of aryl methyl sites for hydroxylation is 1. The SMILES string of the molecule is C=CCOc1ccc(/C(O)=C2\C(=O)C(=O)N(CCCOC)C2c2ccc(OCCCCC)cc2)cc1C. The van der Waals surface area contributed by atoms with Crippen LogP contribution in [0.15, 0.2) is 60.7 Å². The summed E-state index contributed by atoms with van der Waals surface area (Å²) in [7, 11) is 1.59. The van der Waals surface area contributed by atoms with Crippen LogP contribution in [0, 0.1) is 6.92 Å². The molecule has 1 unspecified atom stereocenters. The highest BCUT2D eigenvalue weighted by Crippen LogP contribution is 2.40. The average Bonchev–Trinajstić information content (AvgIpc) is 3.15. The predicted molar refractivity (Wildman–Crippen MR) is 144 cm³/mol. The van der Waals surface area contributed by atoms with Crippen LogP contribution in [0.3, 0.4) is 0 Å². The molecule has 3 rings (SSSR count). The summed E-state index contributed by atoms with van der Waals surface area (Å²) in [5, 5.41) is 11.3. The first kappa shape index (κ1) is 28.0. The summed E-state index contributed by atoms with van der Waals surface area (Å²) >= 11 is 0. The number of ketones is 1. The molecule has 37 heavy (non-hydrogen) atoms. The van der Waals surface area contributed by atoms with E-state index in [4.69, 9.17) is 14.2 Å². The maximum atomic E-state index is 13.2. The molecular formula is C30H37NO6. The summed E-state index contributed by atoms with van der Waals surface area (Å²) in [6, 6.07) is 11.8. The molecule has 0 saturated carbocycles. The van der Waals surface area contributed by atoms with Gasteiger partial charge in [0.25, 0.3) is 11.7 Å². The Balaban J connectivity index is 1.98. The molecule has 1 saturated heterocycles. The Hall–Kier alpha value is -3.58. The number of rotatable bonds is 14. The van der Waals surface area contributed by atoms with Crippen LogP contribution in [0.2, 0.25) is 0 Å². The van der Waals surface area contributed by atoms with Crippen LogP contribution in [0.25, 0.3) is 5.76 Å². The molecule has 7 heteroatoms. The molecule has 2 aromatic carbocycles. The van der Waals surface area contributed by atoms with Gasteiger partial charge in [0.1, 0.15) is 23.9 Å². The molecule has 1 atom stereocenters. The Labute approximate surface area is 219 Å². The van der Waals surface area contributed by atoms with Crippen molar-refractivity contribution in [2.45, 2.75) is 45.6 Å². The molecule has 0 radical (unpaired) electrons. The average molecular weight is 508 g/mol. The van der Waals surface area contributed by atoms with Crippen molar-refractivity contribution in [2.24, 2.45) is 0 Å². The van der Waals surface area contributed by atoms with Gasteiger partial charge in [0.05, 0.1) is 18.2 Å². The fourth-order valence-electron chi connectivity index (χ4n) is 4.39. The van der Waals surface area contributed by atoms with Gasteiger partial charge >= 0.3 is 0 Å². The number of aliphatic hydroxyl groups excluding tert-OH is 1. The molecule has 198 valence electrons. The quantitative estimate of drug-likeness (QED) is 0.118. The van der Waals surface area contributed by atoms with Crippen molar-refractivity contribution >= 4 is 17.4 Å². The summed E-state index contributed by atoms with van der Waals surface area (Å²) in [6.07, 6.45) is 5.42. The zero-order valence-electron chi connectivity index (χ0n) is 22.0. The Morgan fingerprint density at radius 2 is 1.81 bits per heavy atom. The van der Waals surface area contributed by atoms with Gasteiger partial charge < -0.3 is 24.2 Å². The lowest BCUT2D eigenvalue weighted by Gasteiger charge is -2.25. The highest BCUT2D eigenvalue weighted by atomic mass is 16.5. The number of methoxy groups -OCH3 is 1. The first-order valence-electron chi connectivity index (χ1n) is 12.8. The molecule has 0 spiro atoms. The first-order chi connectivity index (χ1) is 17.9. The number of aliphatic hydroxyl groups is 1. The number of hydrogen-bond acceptors (Lipinski definition) is 6. The van der Waals surface area contributed by atoms with Gasteiger partial charge in [0, 0.05) is 25.8 Å². The number of amides is 1. The summed E-state index contributed by atoms with van der Waals surface area (Å²) in [6.45, 7) is 9.42. The molecule has 0 bridgehead atoms. The summed E-state index contributed by atoms with van der Waals surface area (Å²) in [5.74, 6) is -0.171. The van der Waals surface area contributed by atoms with Crippen molar-refractivity contribution in [1.29, 1.82) is 0 Å². The highest BCUT2D eigenvalue weighted by molar-refractivity contribution is 6.46. The number of carbonyl (C=O) groups excluding carboxylic acids is 2. The van der Waals surface area contributed by atoms with Gasteiger partial charge in [-0.25, -0.2) is 0 Å². The number of likely N-dealkylation sites (tertiary alicyclic amines) is 1. The van der Waals surface area contributed by atoms with Gasteiger partial charge in [-0.05, 0) is 61.2 Å². The number of unbranched alkanes of at least 4 members (excludes halogenated alkanes) is 2. The standard InChI is InChI=1S/C30H37NO6/c1-5-7-8-19-36-24-13-10-22(11-14-24)27-26(29(33)30(34)31(27)16-9-18-35-4)28(32)23-12-15-25(21(3)20-23)37-17-6-2/h6,10-15,20,27,32H,2,5,7-9,16-19H2,1,3-4H3/b28-26+. The molecular weight excluding hydrogens is 470 g/mol. The number of benzene rings is 2. The smallest absolute Gasteiger partial charge is 0.295 e. The lowest BCUT2D eigenvalue weighted by Crippen LogP contribution is -2.31. The molecule has 1 aliphatic rings. The van der Waals surface area contributed by atoms with E-state index in [-0.39, 0.29) is 11.3 Å². The lowest BCUT2D eigenvalue weighted by atomic mass is 9.94. The van der Waals surface area contributed by atoms with Crippen LogP contribution in [0.1, 0.15) is 55.3 Å². The zero-order chi connectivity index (χ0) is 26.8. The molecule has 1 fully saturated rings.